The van der Waals surface area contributed by atoms with Gasteiger partial charge in [0.25, 0.3) is 10.0 Å². The summed E-state index contributed by atoms with van der Waals surface area (Å²) in [6, 6.07) is 5.05. The van der Waals surface area contributed by atoms with Crippen LogP contribution in [-0.4, -0.2) is 15.5 Å². The number of halogens is 2. The van der Waals surface area contributed by atoms with Gasteiger partial charge in [0.15, 0.2) is 0 Å². The molecule has 1 heterocycles. The zero-order chi connectivity index (χ0) is 14.8. The predicted octanol–water partition coefficient (Wildman–Crippen LogP) is 3.06. The van der Waals surface area contributed by atoms with Crippen LogP contribution in [-0.2, 0) is 16.6 Å². The molecule has 1 aromatic carbocycles. The van der Waals surface area contributed by atoms with Crippen LogP contribution in [0.3, 0.4) is 0 Å². The van der Waals surface area contributed by atoms with Gasteiger partial charge in [0, 0.05) is 16.4 Å². The third-order valence-electron chi connectivity index (χ3n) is 2.45. The lowest BCUT2D eigenvalue weighted by Gasteiger charge is -2.09. The topological polar surface area (TPSA) is 58.2 Å². The van der Waals surface area contributed by atoms with Crippen molar-refractivity contribution in [2.45, 2.75) is 11.4 Å². The summed E-state index contributed by atoms with van der Waals surface area (Å²) in [6.45, 7) is 0.442. The van der Waals surface area contributed by atoms with Crippen molar-refractivity contribution in [2.75, 3.05) is 11.8 Å². The molecule has 0 unspecified atom stereocenters. The molecule has 4 nitrogen and oxygen atoms in total. The van der Waals surface area contributed by atoms with E-state index >= 15 is 0 Å². The van der Waals surface area contributed by atoms with E-state index in [-0.39, 0.29) is 15.6 Å². The molecule has 20 heavy (non-hydrogen) atoms. The first-order chi connectivity index (χ1) is 9.42. The van der Waals surface area contributed by atoms with Crippen LogP contribution in [0.2, 0.25) is 5.02 Å². The van der Waals surface area contributed by atoms with E-state index in [4.69, 9.17) is 11.6 Å². The van der Waals surface area contributed by atoms with Gasteiger partial charge >= 0.3 is 0 Å². The minimum Gasteiger partial charge on any atom is -0.315 e. The summed E-state index contributed by atoms with van der Waals surface area (Å²) in [5.74, 6) is -0.601. The molecule has 0 bridgehead atoms. The smallest absolute Gasteiger partial charge is 0.263 e. The molecule has 0 fully saturated rings. The summed E-state index contributed by atoms with van der Waals surface area (Å²) in [7, 11) is -2.03. The lowest BCUT2D eigenvalue weighted by atomic mass is 10.3. The first kappa shape index (κ1) is 15.2. The highest BCUT2D eigenvalue weighted by atomic mass is 35.5. The fraction of sp³-hybridized carbons (Fsp3) is 0.167. The van der Waals surface area contributed by atoms with Gasteiger partial charge in [-0.25, -0.2) is 12.8 Å². The molecule has 2 rings (SSSR count). The molecule has 0 radical (unpaired) electrons. The maximum Gasteiger partial charge on any atom is 0.263 e. The quantitative estimate of drug-likeness (QED) is 0.883. The number of sulfonamides is 1. The summed E-state index contributed by atoms with van der Waals surface area (Å²) in [4.78, 5) is 0.861. The Kier molecular flexibility index (Phi) is 4.64. The Morgan fingerprint density at radius 1 is 1.35 bits per heavy atom. The molecule has 108 valence electrons. The molecule has 0 saturated carbocycles. The molecule has 2 N–H and O–H groups in total. The van der Waals surface area contributed by atoms with Gasteiger partial charge in [-0.3, -0.25) is 4.72 Å². The summed E-state index contributed by atoms with van der Waals surface area (Å²) < 4.78 is 40.1. The second-order valence-corrected chi connectivity index (χ2v) is 7.09. The van der Waals surface area contributed by atoms with Gasteiger partial charge in [-0.05, 0) is 36.7 Å². The third kappa shape index (κ3) is 3.49. The minimum atomic E-state index is -3.76. The fourth-order valence-electron chi connectivity index (χ4n) is 1.68. The van der Waals surface area contributed by atoms with E-state index < -0.39 is 15.8 Å². The molecule has 0 amide bonds. The molecule has 1 aromatic heterocycles. The van der Waals surface area contributed by atoms with Crippen LogP contribution in [0, 0.1) is 5.82 Å². The van der Waals surface area contributed by atoms with Crippen molar-refractivity contribution in [3.05, 3.63) is 45.4 Å². The van der Waals surface area contributed by atoms with Crippen molar-refractivity contribution in [2.24, 2.45) is 0 Å². The molecule has 8 heteroatoms. The summed E-state index contributed by atoms with van der Waals surface area (Å²) >= 11 is 7.04. The number of nitrogens with one attached hydrogen (secondary N) is 2. The fourth-order valence-corrected chi connectivity index (χ4v) is 4.40. The standard InChI is InChI=1S/C12H12ClFN2O2S2/c1-15-7-11-12(2-3-19-11)20(17,18)16-10-5-8(13)4-9(14)6-10/h2-6,15-16H,7H2,1H3. The van der Waals surface area contributed by atoms with Gasteiger partial charge in [0.2, 0.25) is 0 Å². The van der Waals surface area contributed by atoms with E-state index in [1.165, 1.54) is 23.5 Å². The zero-order valence-electron chi connectivity index (χ0n) is 10.5. The Balaban J connectivity index is 2.33. The Hall–Kier alpha value is -1.15. The summed E-state index contributed by atoms with van der Waals surface area (Å²) in [6.07, 6.45) is 0. The molecule has 0 aliphatic heterocycles. The minimum absolute atomic E-state index is 0.0941. The van der Waals surface area contributed by atoms with Gasteiger partial charge in [0.1, 0.15) is 10.7 Å². The number of thiophene rings is 1. The average molecular weight is 335 g/mol. The largest absolute Gasteiger partial charge is 0.315 e. The number of anilines is 1. The highest BCUT2D eigenvalue weighted by molar-refractivity contribution is 7.93. The highest BCUT2D eigenvalue weighted by Crippen LogP contribution is 2.26. The van der Waals surface area contributed by atoms with E-state index in [0.29, 0.717) is 11.4 Å². The molecule has 0 atom stereocenters. The van der Waals surface area contributed by atoms with Crippen molar-refractivity contribution in [1.29, 1.82) is 0 Å². The molecular weight excluding hydrogens is 323 g/mol. The molecule has 2 aromatic rings. The van der Waals surface area contributed by atoms with Gasteiger partial charge in [-0.2, -0.15) is 0 Å². The molecular formula is C12H12ClFN2O2S2. The Morgan fingerprint density at radius 3 is 2.75 bits per heavy atom. The molecule has 0 spiro atoms. The first-order valence-corrected chi connectivity index (χ1v) is 8.36. The van der Waals surface area contributed by atoms with Crippen LogP contribution in [0.4, 0.5) is 10.1 Å². The van der Waals surface area contributed by atoms with Crippen LogP contribution < -0.4 is 10.0 Å². The first-order valence-electron chi connectivity index (χ1n) is 5.62. The number of rotatable bonds is 5. The predicted molar refractivity (Wildman–Crippen MR) is 79.3 cm³/mol. The van der Waals surface area contributed by atoms with E-state index in [1.54, 1.807) is 12.4 Å². The maximum atomic E-state index is 13.2. The van der Waals surface area contributed by atoms with E-state index in [0.717, 1.165) is 12.1 Å². The number of hydrogen-bond donors (Lipinski definition) is 2. The third-order valence-corrected chi connectivity index (χ3v) is 5.18. The van der Waals surface area contributed by atoms with Crippen LogP contribution in [0.5, 0.6) is 0 Å². The lowest BCUT2D eigenvalue weighted by Crippen LogP contribution is -2.15. The van der Waals surface area contributed by atoms with E-state index in [9.17, 15) is 12.8 Å². The van der Waals surface area contributed by atoms with Crippen LogP contribution in [0.1, 0.15) is 4.88 Å². The second kappa shape index (κ2) is 6.09. The summed E-state index contributed by atoms with van der Waals surface area (Å²) in [5, 5.41) is 4.72. The van der Waals surface area contributed by atoms with Crippen LogP contribution in [0.25, 0.3) is 0 Å². The van der Waals surface area contributed by atoms with Crippen LogP contribution >= 0.6 is 22.9 Å². The normalized spacial score (nSPS) is 11.6. The SMILES string of the molecule is CNCc1sccc1S(=O)(=O)Nc1cc(F)cc(Cl)c1. The Bertz CT molecular complexity index is 696. The van der Waals surface area contributed by atoms with Crippen molar-refractivity contribution in [3.63, 3.8) is 0 Å². The molecule has 0 aliphatic rings. The van der Waals surface area contributed by atoms with E-state index in [1.807, 2.05) is 0 Å². The average Bonchev–Trinajstić information content (AvgIpc) is 2.76. The Labute approximate surface area is 125 Å². The van der Waals surface area contributed by atoms with Crippen molar-refractivity contribution in [1.82, 2.24) is 5.32 Å². The van der Waals surface area contributed by atoms with Crippen molar-refractivity contribution >= 4 is 38.6 Å². The molecule has 0 saturated heterocycles. The van der Waals surface area contributed by atoms with Crippen LogP contribution in [0.15, 0.2) is 34.5 Å². The Morgan fingerprint density at radius 2 is 2.10 bits per heavy atom. The van der Waals surface area contributed by atoms with Gasteiger partial charge in [-0.15, -0.1) is 11.3 Å². The van der Waals surface area contributed by atoms with Crippen molar-refractivity contribution in [3.8, 4) is 0 Å². The zero-order valence-corrected chi connectivity index (χ0v) is 12.9. The van der Waals surface area contributed by atoms with Gasteiger partial charge in [0.05, 0.1) is 5.69 Å². The maximum absolute atomic E-state index is 13.2. The number of hydrogen-bond acceptors (Lipinski definition) is 4. The van der Waals surface area contributed by atoms with E-state index in [2.05, 4.69) is 10.0 Å². The monoisotopic (exact) mass is 334 g/mol. The van der Waals surface area contributed by atoms with Crippen molar-refractivity contribution < 1.29 is 12.8 Å². The summed E-state index contributed by atoms with van der Waals surface area (Å²) in [5.41, 5.74) is 0.0941. The van der Waals surface area contributed by atoms with Gasteiger partial charge in [-0.1, -0.05) is 11.6 Å². The number of benzene rings is 1. The lowest BCUT2D eigenvalue weighted by molar-refractivity contribution is 0.600. The highest BCUT2D eigenvalue weighted by Gasteiger charge is 2.20. The second-order valence-electron chi connectivity index (χ2n) is 4.00. The van der Waals surface area contributed by atoms with Gasteiger partial charge < -0.3 is 5.32 Å². The molecule has 0 aliphatic carbocycles.